The molecule has 3 rings (SSSR count). The van der Waals surface area contributed by atoms with Crippen molar-refractivity contribution < 1.29 is 18.7 Å². The Kier molecular flexibility index (Phi) is 8.38. The van der Waals surface area contributed by atoms with Crippen LogP contribution in [0.4, 0.5) is 0 Å². The van der Waals surface area contributed by atoms with Gasteiger partial charge in [-0.05, 0) is 25.0 Å². The molecule has 0 radical (unpaired) electrons. The third-order valence-electron chi connectivity index (χ3n) is 5.02. The summed E-state index contributed by atoms with van der Waals surface area (Å²) in [6.45, 7) is 2.79. The van der Waals surface area contributed by atoms with Gasteiger partial charge >= 0.3 is 11.6 Å². The maximum Gasteiger partial charge on any atom is 0.344 e. The molecule has 1 aromatic carbocycles. The highest BCUT2D eigenvalue weighted by molar-refractivity contribution is 5.82. The summed E-state index contributed by atoms with van der Waals surface area (Å²) in [7, 11) is 0. The lowest BCUT2D eigenvalue weighted by molar-refractivity contribution is -0.143. The van der Waals surface area contributed by atoms with Gasteiger partial charge in [-0.2, -0.15) is 5.26 Å². The fraction of sp³-hybridized carbons (Fsp3) is 0.360. The Hall–Kier alpha value is -3.66. The van der Waals surface area contributed by atoms with Crippen LogP contribution < -0.4 is 10.4 Å². The Balaban J connectivity index is 1.51. The van der Waals surface area contributed by atoms with Crippen LogP contribution in [0.1, 0.15) is 51.0 Å². The number of carbonyl (C=O) groups excluding carboxylic acids is 1. The van der Waals surface area contributed by atoms with Crippen molar-refractivity contribution in [2.45, 2.75) is 45.4 Å². The van der Waals surface area contributed by atoms with Gasteiger partial charge in [-0.25, -0.2) is 9.78 Å². The van der Waals surface area contributed by atoms with Crippen LogP contribution >= 0.6 is 0 Å². The number of nitrogens with zero attached hydrogens (tertiary/aromatic N) is 2. The number of hydrogen-bond donors (Lipinski definition) is 0. The number of unbranched alkanes of at least 4 members (excludes halogenated alkanes) is 4. The minimum Gasteiger partial charge on any atom is -0.478 e. The highest BCUT2D eigenvalue weighted by Gasteiger charge is 2.12. The summed E-state index contributed by atoms with van der Waals surface area (Å²) in [5.74, 6) is 0.248. The Morgan fingerprint density at radius 1 is 1.06 bits per heavy atom. The summed E-state index contributed by atoms with van der Waals surface area (Å²) in [6, 6.07) is 12.3. The quantitative estimate of drug-likeness (QED) is 0.309. The molecule has 7 heteroatoms. The van der Waals surface area contributed by atoms with Crippen molar-refractivity contribution in [2.75, 3.05) is 13.2 Å². The van der Waals surface area contributed by atoms with Gasteiger partial charge in [0, 0.05) is 29.6 Å². The summed E-state index contributed by atoms with van der Waals surface area (Å²) < 4.78 is 16.2. The van der Waals surface area contributed by atoms with Gasteiger partial charge in [-0.1, -0.05) is 44.4 Å². The molecule has 2 aromatic heterocycles. The first-order valence-electron chi connectivity index (χ1n) is 10.8. The summed E-state index contributed by atoms with van der Waals surface area (Å²) in [5.41, 5.74) is 1.15. The highest BCUT2D eigenvalue weighted by Crippen LogP contribution is 2.25. The molecule has 0 saturated carbocycles. The van der Waals surface area contributed by atoms with Crippen LogP contribution in [0.5, 0.6) is 5.88 Å². The zero-order valence-corrected chi connectivity index (χ0v) is 18.1. The summed E-state index contributed by atoms with van der Waals surface area (Å²) >= 11 is 0. The van der Waals surface area contributed by atoms with E-state index in [1.807, 2.05) is 0 Å². The first kappa shape index (κ1) is 23.0. The van der Waals surface area contributed by atoms with Gasteiger partial charge in [0.05, 0.1) is 30.4 Å². The van der Waals surface area contributed by atoms with Crippen LogP contribution in [-0.4, -0.2) is 24.2 Å². The van der Waals surface area contributed by atoms with Gasteiger partial charge in [0.25, 0.3) is 0 Å². The van der Waals surface area contributed by atoms with E-state index in [1.54, 1.807) is 49.5 Å². The monoisotopic (exact) mass is 434 g/mol. The number of fused-ring (bicyclic) bond motifs is 1. The lowest BCUT2D eigenvalue weighted by Gasteiger charge is -2.07. The number of benzene rings is 1. The van der Waals surface area contributed by atoms with E-state index >= 15 is 0 Å². The van der Waals surface area contributed by atoms with Crippen molar-refractivity contribution >= 4 is 16.9 Å². The van der Waals surface area contributed by atoms with Gasteiger partial charge in [-0.15, -0.1) is 0 Å². The molecule has 0 bridgehead atoms. The molecule has 166 valence electrons. The lowest BCUT2D eigenvalue weighted by atomic mass is 10.0. The van der Waals surface area contributed by atoms with Crippen LogP contribution in [0, 0.1) is 11.3 Å². The van der Waals surface area contributed by atoms with Crippen molar-refractivity contribution in [3.63, 3.8) is 0 Å². The number of hydrogen-bond acceptors (Lipinski definition) is 7. The van der Waals surface area contributed by atoms with Crippen LogP contribution in [0.3, 0.4) is 0 Å². The van der Waals surface area contributed by atoms with Crippen LogP contribution in [0.15, 0.2) is 51.8 Å². The lowest BCUT2D eigenvalue weighted by Crippen LogP contribution is -2.05. The molecule has 0 aliphatic carbocycles. The second-order valence-corrected chi connectivity index (χ2v) is 7.36. The van der Waals surface area contributed by atoms with Crippen LogP contribution in [0.25, 0.3) is 22.1 Å². The molecule has 3 aromatic rings. The minimum atomic E-state index is -0.512. The molecule has 0 aliphatic rings. The van der Waals surface area contributed by atoms with Crippen LogP contribution in [-0.2, 0) is 9.53 Å². The molecule has 2 heterocycles. The van der Waals surface area contributed by atoms with Crippen molar-refractivity contribution in [3.8, 4) is 23.1 Å². The molecule has 0 fully saturated rings. The summed E-state index contributed by atoms with van der Waals surface area (Å²) in [5, 5.41) is 9.95. The molecule has 32 heavy (non-hydrogen) atoms. The van der Waals surface area contributed by atoms with Crippen molar-refractivity contribution in [2.24, 2.45) is 0 Å². The Morgan fingerprint density at radius 2 is 1.81 bits per heavy atom. The number of pyridine rings is 1. The average Bonchev–Trinajstić information content (AvgIpc) is 2.82. The maximum atomic E-state index is 12.5. The Labute approximate surface area is 186 Å². The number of aromatic nitrogens is 1. The summed E-state index contributed by atoms with van der Waals surface area (Å²) in [4.78, 5) is 27.9. The second-order valence-electron chi connectivity index (χ2n) is 7.36. The van der Waals surface area contributed by atoms with E-state index in [9.17, 15) is 14.9 Å². The average molecular weight is 434 g/mol. The topological polar surface area (TPSA) is 102 Å². The first-order valence-corrected chi connectivity index (χ1v) is 10.8. The van der Waals surface area contributed by atoms with Gasteiger partial charge in [0.1, 0.15) is 5.58 Å². The van der Waals surface area contributed by atoms with E-state index in [4.69, 9.17) is 13.9 Å². The molecular formula is C25H26N2O5. The molecular weight excluding hydrogens is 408 g/mol. The molecule has 0 N–H and O–H groups in total. The van der Waals surface area contributed by atoms with Gasteiger partial charge in [0.15, 0.2) is 0 Å². The van der Waals surface area contributed by atoms with Crippen molar-refractivity contribution in [1.29, 1.82) is 5.26 Å². The normalized spacial score (nSPS) is 10.6. The molecule has 0 aliphatic heterocycles. The Morgan fingerprint density at radius 3 is 2.59 bits per heavy atom. The second kappa shape index (κ2) is 11.7. The molecule has 0 saturated heterocycles. The number of ether oxygens (including phenoxy) is 2. The van der Waals surface area contributed by atoms with Crippen LogP contribution in [0.2, 0.25) is 0 Å². The smallest absolute Gasteiger partial charge is 0.344 e. The first-order chi connectivity index (χ1) is 15.6. The zero-order chi connectivity index (χ0) is 22.8. The van der Waals surface area contributed by atoms with Crippen molar-refractivity contribution in [3.05, 3.63) is 58.6 Å². The number of nitriles is 1. The number of carbonyl (C=O) groups is 1. The minimum absolute atomic E-state index is 0.152. The predicted molar refractivity (Wildman–Crippen MR) is 120 cm³/mol. The van der Waals surface area contributed by atoms with E-state index in [2.05, 4.69) is 11.1 Å². The number of esters is 1. The standard InChI is InChI=1S/C25H26N2O5/c1-2-24(28)31-13-9-5-3-4-8-12-30-23-15-22-19(17-27-23)14-21(25(29)32-22)20-11-7-6-10-18(20)16-26/h6-7,10-11,14-15,17H,2-5,8-9,12-13H2,1H3. The van der Waals surface area contributed by atoms with E-state index in [0.29, 0.717) is 53.2 Å². The fourth-order valence-electron chi connectivity index (χ4n) is 3.28. The number of rotatable bonds is 11. The molecule has 0 amide bonds. The zero-order valence-electron chi connectivity index (χ0n) is 18.1. The van der Waals surface area contributed by atoms with Gasteiger partial charge in [-0.3, -0.25) is 4.79 Å². The molecule has 0 spiro atoms. The third-order valence-corrected chi connectivity index (χ3v) is 5.02. The summed E-state index contributed by atoms with van der Waals surface area (Å²) in [6.07, 6.45) is 6.82. The van der Waals surface area contributed by atoms with Crippen molar-refractivity contribution in [1.82, 2.24) is 4.98 Å². The molecule has 7 nitrogen and oxygen atoms in total. The van der Waals surface area contributed by atoms with E-state index in [1.165, 1.54) is 0 Å². The van der Waals surface area contributed by atoms with E-state index in [-0.39, 0.29) is 5.97 Å². The van der Waals surface area contributed by atoms with E-state index in [0.717, 1.165) is 32.1 Å². The fourth-order valence-corrected chi connectivity index (χ4v) is 3.28. The molecule has 0 unspecified atom stereocenters. The van der Waals surface area contributed by atoms with E-state index < -0.39 is 5.63 Å². The largest absolute Gasteiger partial charge is 0.478 e. The predicted octanol–water partition coefficient (Wildman–Crippen LogP) is 5.01. The van der Waals surface area contributed by atoms with Gasteiger partial charge in [0.2, 0.25) is 5.88 Å². The third kappa shape index (κ3) is 6.17. The molecule has 0 atom stereocenters. The highest BCUT2D eigenvalue weighted by atomic mass is 16.5. The Bertz CT molecular complexity index is 1160. The maximum absolute atomic E-state index is 12.5. The van der Waals surface area contributed by atoms with Gasteiger partial charge < -0.3 is 13.9 Å². The SMILES string of the molecule is CCC(=O)OCCCCCCCOc1cc2oc(=O)c(-c3ccccc3C#N)cc2cn1.